The molecule has 0 N–H and O–H groups in total. The number of hydrogen-bond donors (Lipinski definition) is 0. The lowest BCUT2D eigenvalue weighted by Crippen LogP contribution is -2.02. The van der Waals surface area contributed by atoms with Crippen molar-refractivity contribution in [2.24, 2.45) is 0 Å². The highest BCUT2D eigenvalue weighted by molar-refractivity contribution is 5.61. The highest BCUT2D eigenvalue weighted by atomic mass is 15.1. The third-order valence-electron chi connectivity index (χ3n) is 3.83. The minimum Gasteiger partial charge on any atom is -0.299 e. The fourth-order valence-corrected chi connectivity index (χ4v) is 2.95. The van der Waals surface area contributed by atoms with Crippen LogP contribution in [0.15, 0.2) is 48.8 Å². The Morgan fingerprint density at radius 1 is 0.810 bits per heavy atom. The lowest BCUT2D eigenvalue weighted by Gasteiger charge is -2.15. The molecule has 106 valence electrons. The van der Waals surface area contributed by atoms with Crippen molar-refractivity contribution >= 4 is 0 Å². The van der Waals surface area contributed by atoms with Gasteiger partial charge in [0.1, 0.15) is 5.82 Å². The van der Waals surface area contributed by atoms with Crippen molar-refractivity contribution in [3.05, 3.63) is 71.0 Å². The smallest absolute Gasteiger partial charge is 0.144 e. The molecular weight excluding hydrogens is 256 g/mol. The molecule has 0 bridgehead atoms. The number of rotatable bonds is 2. The Balaban J connectivity index is 2.18. The third-order valence-corrected chi connectivity index (χ3v) is 3.83. The van der Waals surface area contributed by atoms with Crippen molar-refractivity contribution in [3.63, 3.8) is 0 Å². The van der Waals surface area contributed by atoms with Crippen molar-refractivity contribution in [1.29, 1.82) is 0 Å². The minimum absolute atomic E-state index is 0.991. The van der Waals surface area contributed by atoms with Crippen LogP contribution in [0, 0.1) is 27.7 Å². The highest BCUT2D eigenvalue weighted by Crippen LogP contribution is 2.27. The molecule has 2 nitrogen and oxygen atoms in total. The van der Waals surface area contributed by atoms with Crippen LogP contribution in [0.4, 0.5) is 0 Å². The molecule has 0 spiro atoms. The van der Waals surface area contributed by atoms with E-state index in [-0.39, 0.29) is 0 Å². The monoisotopic (exact) mass is 276 g/mol. The Bertz CT molecular complexity index is 757. The van der Waals surface area contributed by atoms with Gasteiger partial charge in [0.15, 0.2) is 0 Å². The van der Waals surface area contributed by atoms with Crippen LogP contribution in [-0.4, -0.2) is 9.55 Å². The fraction of sp³-hybridized carbons (Fsp3) is 0.211. The second-order valence-electron chi connectivity index (χ2n) is 5.73. The van der Waals surface area contributed by atoms with E-state index < -0.39 is 0 Å². The van der Waals surface area contributed by atoms with E-state index in [2.05, 4.69) is 73.6 Å². The normalized spacial score (nSPS) is 10.9. The van der Waals surface area contributed by atoms with Crippen LogP contribution in [0.2, 0.25) is 0 Å². The molecule has 3 aromatic rings. The van der Waals surface area contributed by atoms with Crippen LogP contribution in [0.5, 0.6) is 0 Å². The summed E-state index contributed by atoms with van der Waals surface area (Å²) in [6, 6.07) is 13.0. The van der Waals surface area contributed by atoms with Crippen molar-refractivity contribution in [2.45, 2.75) is 27.7 Å². The second-order valence-corrected chi connectivity index (χ2v) is 5.73. The molecule has 21 heavy (non-hydrogen) atoms. The van der Waals surface area contributed by atoms with Crippen LogP contribution in [-0.2, 0) is 0 Å². The van der Waals surface area contributed by atoms with E-state index in [9.17, 15) is 0 Å². The standard InChI is InChI=1S/C19H20N2/c1-13-5-7-17(8-6-13)19-20-9-10-21(19)18-15(3)11-14(2)12-16(18)4/h5-12H,1-4H3. The van der Waals surface area contributed by atoms with Crippen molar-refractivity contribution in [1.82, 2.24) is 9.55 Å². The molecule has 1 aromatic heterocycles. The Morgan fingerprint density at radius 3 is 2.05 bits per heavy atom. The van der Waals surface area contributed by atoms with Crippen LogP contribution in [0.1, 0.15) is 22.3 Å². The lowest BCUT2D eigenvalue weighted by molar-refractivity contribution is 1.03. The van der Waals surface area contributed by atoms with Gasteiger partial charge in [-0.2, -0.15) is 0 Å². The van der Waals surface area contributed by atoms with Gasteiger partial charge in [0.05, 0.1) is 5.69 Å². The Morgan fingerprint density at radius 2 is 1.43 bits per heavy atom. The Kier molecular flexibility index (Phi) is 3.38. The van der Waals surface area contributed by atoms with Gasteiger partial charge in [0.25, 0.3) is 0 Å². The van der Waals surface area contributed by atoms with Crippen molar-refractivity contribution < 1.29 is 0 Å². The van der Waals surface area contributed by atoms with E-state index in [1.165, 1.54) is 27.9 Å². The van der Waals surface area contributed by atoms with Gasteiger partial charge < -0.3 is 0 Å². The molecule has 0 fully saturated rings. The average Bonchev–Trinajstić information content (AvgIpc) is 2.87. The predicted molar refractivity (Wildman–Crippen MR) is 87.9 cm³/mol. The SMILES string of the molecule is Cc1ccc(-c2nccn2-c2c(C)cc(C)cc2C)cc1. The zero-order valence-electron chi connectivity index (χ0n) is 13.0. The zero-order valence-corrected chi connectivity index (χ0v) is 13.0. The quantitative estimate of drug-likeness (QED) is 0.659. The van der Waals surface area contributed by atoms with E-state index in [1.54, 1.807) is 0 Å². The van der Waals surface area contributed by atoms with E-state index in [0.29, 0.717) is 0 Å². The van der Waals surface area contributed by atoms with Crippen LogP contribution in [0.3, 0.4) is 0 Å². The molecule has 1 heterocycles. The summed E-state index contributed by atoms with van der Waals surface area (Å²) in [7, 11) is 0. The minimum atomic E-state index is 0.991. The zero-order chi connectivity index (χ0) is 15.0. The summed E-state index contributed by atoms with van der Waals surface area (Å²) in [5.41, 5.74) is 7.49. The summed E-state index contributed by atoms with van der Waals surface area (Å²) in [6.07, 6.45) is 3.91. The van der Waals surface area contributed by atoms with Crippen LogP contribution < -0.4 is 0 Å². The Labute approximate surface area is 126 Å². The van der Waals surface area contributed by atoms with Gasteiger partial charge in [-0.1, -0.05) is 47.5 Å². The largest absolute Gasteiger partial charge is 0.299 e. The number of imidazole rings is 1. The summed E-state index contributed by atoms with van der Waals surface area (Å²) in [5.74, 6) is 0.991. The number of hydrogen-bond acceptors (Lipinski definition) is 1. The van der Waals surface area contributed by atoms with Gasteiger partial charge in [0, 0.05) is 18.0 Å². The van der Waals surface area contributed by atoms with Gasteiger partial charge in [-0.3, -0.25) is 4.57 Å². The molecule has 0 amide bonds. The number of benzene rings is 2. The van der Waals surface area contributed by atoms with E-state index >= 15 is 0 Å². The van der Waals surface area contributed by atoms with Gasteiger partial charge in [-0.25, -0.2) is 4.98 Å². The van der Waals surface area contributed by atoms with Gasteiger partial charge in [0.2, 0.25) is 0 Å². The predicted octanol–water partition coefficient (Wildman–Crippen LogP) is 4.77. The van der Waals surface area contributed by atoms with Crippen molar-refractivity contribution in [3.8, 4) is 17.1 Å². The molecule has 0 saturated carbocycles. The fourth-order valence-electron chi connectivity index (χ4n) is 2.95. The van der Waals surface area contributed by atoms with Crippen LogP contribution >= 0.6 is 0 Å². The first-order valence-corrected chi connectivity index (χ1v) is 7.25. The van der Waals surface area contributed by atoms with E-state index in [0.717, 1.165) is 11.4 Å². The molecule has 0 unspecified atom stereocenters. The molecule has 0 aliphatic carbocycles. The summed E-state index contributed by atoms with van der Waals surface area (Å²) in [4.78, 5) is 4.56. The molecule has 0 atom stereocenters. The molecule has 0 aliphatic rings. The Hall–Kier alpha value is -2.35. The summed E-state index contributed by atoms with van der Waals surface area (Å²) < 4.78 is 2.19. The van der Waals surface area contributed by atoms with Crippen LogP contribution in [0.25, 0.3) is 17.1 Å². The third kappa shape index (κ3) is 2.49. The summed E-state index contributed by atoms with van der Waals surface area (Å²) >= 11 is 0. The molecule has 0 radical (unpaired) electrons. The molecule has 2 heteroatoms. The molecule has 2 aromatic carbocycles. The topological polar surface area (TPSA) is 17.8 Å². The first-order chi connectivity index (χ1) is 10.1. The van der Waals surface area contributed by atoms with E-state index in [1.807, 2.05) is 12.4 Å². The average molecular weight is 276 g/mol. The first-order valence-electron chi connectivity index (χ1n) is 7.25. The maximum atomic E-state index is 4.56. The maximum absolute atomic E-state index is 4.56. The second kappa shape index (κ2) is 5.21. The molecule has 0 aliphatic heterocycles. The van der Waals surface area contributed by atoms with Gasteiger partial charge in [-0.05, 0) is 38.8 Å². The molecule has 3 rings (SSSR count). The summed E-state index contributed by atoms with van der Waals surface area (Å²) in [5, 5.41) is 0. The highest BCUT2D eigenvalue weighted by Gasteiger charge is 2.12. The van der Waals surface area contributed by atoms with Gasteiger partial charge in [-0.15, -0.1) is 0 Å². The molecular formula is C19H20N2. The van der Waals surface area contributed by atoms with E-state index in [4.69, 9.17) is 0 Å². The number of aromatic nitrogens is 2. The molecule has 0 saturated heterocycles. The van der Waals surface area contributed by atoms with Crippen molar-refractivity contribution in [2.75, 3.05) is 0 Å². The van der Waals surface area contributed by atoms with Gasteiger partial charge >= 0.3 is 0 Å². The number of aryl methyl sites for hydroxylation is 4. The first kappa shape index (κ1) is 13.6. The lowest BCUT2D eigenvalue weighted by atomic mass is 10.0. The number of nitrogens with zero attached hydrogens (tertiary/aromatic N) is 2. The summed E-state index contributed by atoms with van der Waals surface area (Å²) in [6.45, 7) is 8.56. The maximum Gasteiger partial charge on any atom is 0.144 e.